The van der Waals surface area contributed by atoms with E-state index in [0.717, 1.165) is 22.2 Å². The van der Waals surface area contributed by atoms with Gasteiger partial charge in [0.15, 0.2) is 6.29 Å². The highest BCUT2D eigenvalue weighted by Crippen LogP contribution is 2.27. The van der Waals surface area contributed by atoms with Crippen molar-refractivity contribution in [3.8, 4) is 0 Å². The van der Waals surface area contributed by atoms with E-state index >= 15 is 0 Å². The number of fused-ring (bicyclic) bond motifs is 3. The van der Waals surface area contributed by atoms with Gasteiger partial charge in [0.2, 0.25) is 0 Å². The Kier molecular flexibility index (Phi) is 1.52. The Morgan fingerprint density at radius 2 is 2.13 bits per heavy atom. The van der Waals surface area contributed by atoms with Crippen LogP contribution in [-0.2, 0) is 0 Å². The largest absolute Gasteiger partial charge is 0.383 e. The number of hydrogen-bond acceptors (Lipinski definition) is 4. The van der Waals surface area contributed by atoms with Crippen molar-refractivity contribution in [2.75, 3.05) is 5.32 Å². The molecule has 1 unspecified atom stereocenters. The monoisotopic (exact) mass is 201 g/mol. The molecule has 1 aliphatic rings. The number of anilines is 1. The van der Waals surface area contributed by atoms with Crippen LogP contribution in [0.4, 0.5) is 5.69 Å². The highest BCUT2D eigenvalue weighted by atomic mass is 15.2. The lowest BCUT2D eigenvalue weighted by Gasteiger charge is -2.21. The predicted octanol–water partition coefficient (Wildman–Crippen LogP) is 0.541. The fourth-order valence-electron chi connectivity index (χ4n) is 1.94. The van der Waals surface area contributed by atoms with Crippen molar-refractivity contribution >= 4 is 22.4 Å². The first-order chi connectivity index (χ1) is 7.25. The lowest BCUT2D eigenvalue weighted by Crippen LogP contribution is -2.35. The molecule has 76 valence electrons. The summed E-state index contributed by atoms with van der Waals surface area (Å²) in [6.45, 7) is 0. The van der Waals surface area contributed by atoms with Crippen LogP contribution in [0.3, 0.4) is 0 Å². The van der Waals surface area contributed by atoms with Crippen LogP contribution in [-0.4, -0.2) is 17.1 Å². The average molecular weight is 201 g/mol. The number of nitrogens with one attached hydrogen (secondary N) is 2. The number of rotatable bonds is 0. The number of benzene rings is 1. The van der Waals surface area contributed by atoms with Gasteiger partial charge in [0, 0.05) is 28.4 Å². The van der Waals surface area contributed by atoms with Gasteiger partial charge in [-0.15, -0.1) is 0 Å². The van der Waals surface area contributed by atoms with Gasteiger partial charge in [-0.05, 0) is 18.2 Å². The van der Waals surface area contributed by atoms with Gasteiger partial charge in [-0.25, -0.2) is 4.99 Å². The number of aliphatic imine (C=N–C) groups is 1. The van der Waals surface area contributed by atoms with E-state index in [1.807, 2.05) is 24.4 Å². The SMILES string of the molecule is NC1=NC(N)Nc2ccc3[nH]ccc3c21. The van der Waals surface area contributed by atoms with Crippen molar-refractivity contribution < 1.29 is 0 Å². The first-order valence-electron chi connectivity index (χ1n) is 4.71. The molecule has 0 radical (unpaired) electrons. The topological polar surface area (TPSA) is 92.2 Å². The van der Waals surface area contributed by atoms with Crippen molar-refractivity contribution in [2.24, 2.45) is 16.5 Å². The minimum absolute atomic E-state index is 0.450. The number of aromatic nitrogens is 1. The summed E-state index contributed by atoms with van der Waals surface area (Å²) >= 11 is 0. The molecule has 0 spiro atoms. The Morgan fingerprint density at radius 1 is 1.27 bits per heavy atom. The summed E-state index contributed by atoms with van der Waals surface area (Å²) in [6, 6.07) is 5.93. The molecule has 15 heavy (non-hydrogen) atoms. The number of hydrogen-bond donors (Lipinski definition) is 4. The second kappa shape index (κ2) is 2.74. The molecule has 6 N–H and O–H groups in total. The maximum Gasteiger partial charge on any atom is 0.173 e. The van der Waals surface area contributed by atoms with Gasteiger partial charge in [0.25, 0.3) is 0 Å². The molecule has 0 bridgehead atoms. The molecular formula is C10H11N5. The van der Waals surface area contributed by atoms with Gasteiger partial charge < -0.3 is 16.0 Å². The number of amidine groups is 1. The van der Waals surface area contributed by atoms with Crippen LogP contribution in [0.5, 0.6) is 0 Å². The molecule has 1 atom stereocenters. The highest BCUT2D eigenvalue weighted by molar-refractivity contribution is 6.13. The Bertz CT molecular complexity index is 554. The van der Waals surface area contributed by atoms with Gasteiger partial charge in [0.05, 0.1) is 0 Å². The molecule has 0 aliphatic carbocycles. The molecule has 0 amide bonds. The Balaban J connectivity index is 2.36. The van der Waals surface area contributed by atoms with Crippen LogP contribution in [0.25, 0.3) is 10.9 Å². The van der Waals surface area contributed by atoms with Gasteiger partial charge in [-0.1, -0.05) is 0 Å². The summed E-state index contributed by atoms with van der Waals surface area (Å²) in [5, 5.41) is 4.13. The summed E-state index contributed by atoms with van der Waals surface area (Å²) in [4.78, 5) is 7.23. The zero-order valence-electron chi connectivity index (χ0n) is 7.99. The first kappa shape index (κ1) is 8.31. The van der Waals surface area contributed by atoms with E-state index < -0.39 is 6.29 Å². The second-order valence-corrected chi connectivity index (χ2v) is 3.53. The molecule has 5 nitrogen and oxygen atoms in total. The van der Waals surface area contributed by atoms with Gasteiger partial charge in [0.1, 0.15) is 5.84 Å². The third-order valence-electron chi connectivity index (χ3n) is 2.57. The number of H-pyrrole nitrogens is 1. The molecule has 0 saturated carbocycles. The van der Waals surface area contributed by atoms with E-state index in [9.17, 15) is 0 Å². The van der Waals surface area contributed by atoms with Crippen LogP contribution in [0.15, 0.2) is 29.4 Å². The van der Waals surface area contributed by atoms with Crippen LogP contribution >= 0.6 is 0 Å². The van der Waals surface area contributed by atoms with Crippen molar-refractivity contribution in [1.82, 2.24) is 4.98 Å². The molecule has 1 aromatic carbocycles. The van der Waals surface area contributed by atoms with E-state index in [-0.39, 0.29) is 0 Å². The third kappa shape index (κ3) is 1.10. The van der Waals surface area contributed by atoms with Gasteiger partial charge in [-0.3, -0.25) is 5.73 Å². The van der Waals surface area contributed by atoms with Crippen molar-refractivity contribution in [2.45, 2.75) is 6.29 Å². The van der Waals surface area contributed by atoms with E-state index in [0.29, 0.717) is 5.84 Å². The minimum Gasteiger partial charge on any atom is -0.383 e. The van der Waals surface area contributed by atoms with Crippen LogP contribution < -0.4 is 16.8 Å². The number of nitrogens with zero attached hydrogens (tertiary/aromatic N) is 1. The summed E-state index contributed by atoms with van der Waals surface area (Å²) in [5.74, 6) is 0.487. The van der Waals surface area contributed by atoms with Crippen molar-refractivity contribution in [3.63, 3.8) is 0 Å². The van der Waals surface area contributed by atoms with E-state index in [2.05, 4.69) is 15.3 Å². The Morgan fingerprint density at radius 3 is 3.00 bits per heavy atom. The summed E-state index contributed by atoms with van der Waals surface area (Å²) in [6.07, 6.45) is 1.43. The standard InChI is InChI=1S/C10H11N5/c11-9-8-5-3-4-13-6(5)1-2-7(8)14-10(12)15-9/h1-4,10,13-14H,12H2,(H2,11,15). The van der Waals surface area contributed by atoms with Crippen LogP contribution in [0.1, 0.15) is 5.56 Å². The van der Waals surface area contributed by atoms with Gasteiger partial charge >= 0.3 is 0 Å². The van der Waals surface area contributed by atoms with Crippen molar-refractivity contribution in [3.05, 3.63) is 30.0 Å². The summed E-state index contributed by atoms with van der Waals surface area (Å²) in [5.41, 5.74) is 14.5. The molecule has 2 aromatic rings. The quantitative estimate of drug-likeness (QED) is 0.501. The zero-order valence-corrected chi connectivity index (χ0v) is 7.99. The summed E-state index contributed by atoms with van der Waals surface area (Å²) in [7, 11) is 0. The third-order valence-corrected chi connectivity index (χ3v) is 2.57. The molecular weight excluding hydrogens is 190 g/mol. The smallest absolute Gasteiger partial charge is 0.173 e. The molecule has 1 aliphatic heterocycles. The van der Waals surface area contributed by atoms with E-state index in [4.69, 9.17) is 11.5 Å². The maximum atomic E-state index is 5.88. The van der Waals surface area contributed by atoms with E-state index in [1.54, 1.807) is 0 Å². The lowest BCUT2D eigenvalue weighted by molar-refractivity contribution is 0.799. The molecule has 5 heteroatoms. The normalized spacial score (nSPS) is 19.5. The maximum absolute atomic E-state index is 5.88. The van der Waals surface area contributed by atoms with E-state index in [1.165, 1.54) is 0 Å². The van der Waals surface area contributed by atoms with Gasteiger partial charge in [-0.2, -0.15) is 0 Å². The molecule has 2 heterocycles. The molecule has 3 rings (SSSR count). The molecule has 0 saturated heterocycles. The average Bonchev–Trinajstić information content (AvgIpc) is 2.63. The summed E-state index contributed by atoms with van der Waals surface area (Å²) < 4.78 is 0. The van der Waals surface area contributed by atoms with Crippen molar-refractivity contribution in [1.29, 1.82) is 0 Å². The first-order valence-corrected chi connectivity index (χ1v) is 4.71. The second-order valence-electron chi connectivity index (χ2n) is 3.53. The fourth-order valence-corrected chi connectivity index (χ4v) is 1.94. The fraction of sp³-hybridized carbons (Fsp3) is 0.100. The predicted molar refractivity (Wildman–Crippen MR) is 60.6 cm³/mol. The zero-order chi connectivity index (χ0) is 10.4. The number of nitrogens with two attached hydrogens (primary N) is 2. The Labute approximate surface area is 86.2 Å². The number of aromatic amines is 1. The lowest BCUT2D eigenvalue weighted by atomic mass is 10.1. The highest BCUT2D eigenvalue weighted by Gasteiger charge is 2.18. The Hall–Kier alpha value is -2.01. The van der Waals surface area contributed by atoms with Crippen LogP contribution in [0.2, 0.25) is 0 Å². The van der Waals surface area contributed by atoms with Crippen LogP contribution in [0, 0.1) is 0 Å². The molecule has 0 fully saturated rings. The molecule has 1 aromatic heterocycles. The minimum atomic E-state index is -0.450.